The zero-order valence-electron chi connectivity index (χ0n) is 65.1. The summed E-state index contributed by atoms with van der Waals surface area (Å²) in [6, 6.07) is 47.5. The molecular weight excluding hydrogens is 1350 g/mol. The summed E-state index contributed by atoms with van der Waals surface area (Å²) in [6.07, 6.45) is -1.38. The second-order valence-corrected chi connectivity index (χ2v) is 35.6. The van der Waals surface area contributed by atoms with Gasteiger partial charge in [-0.25, -0.2) is 4.79 Å². The maximum Gasteiger partial charge on any atom is 0.329 e. The second kappa shape index (κ2) is 38.3. The first-order valence-corrected chi connectivity index (χ1v) is 39.7. The lowest BCUT2D eigenvalue weighted by molar-refractivity contribution is -0.158. The predicted octanol–water partition coefficient (Wildman–Crippen LogP) is 11.2. The maximum absolute atomic E-state index is 15.6. The third-order valence-electron chi connectivity index (χ3n) is 20.3. The van der Waals surface area contributed by atoms with Crippen LogP contribution >= 0.6 is 0 Å². The maximum atomic E-state index is 15.6. The number of carbonyl (C=O) groups is 9. The molecule has 6 aromatic rings. The fourth-order valence-corrected chi connectivity index (χ4v) is 18.4. The Kier molecular flexibility index (Phi) is 30.4. The van der Waals surface area contributed by atoms with Crippen LogP contribution < -0.4 is 47.0 Å². The molecule has 570 valence electrons. The average Bonchev–Trinajstić information content (AvgIpc) is 0.751. The van der Waals surface area contributed by atoms with E-state index in [4.69, 9.17) is 13.9 Å². The monoisotopic (exact) mass is 1470 g/mol. The first kappa shape index (κ1) is 84.0. The van der Waals surface area contributed by atoms with Crippen molar-refractivity contribution < 1.29 is 57.1 Å². The van der Waals surface area contributed by atoms with Crippen LogP contribution in [0.1, 0.15) is 177 Å². The van der Waals surface area contributed by atoms with Gasteiger partial charge in [-0.1, -0.05) is 253 Å². The molecule has 0 radical (unpaired) electrons. The molecule has 20 heteroatoms. The normalized spacial score (nSPS) is 20.1. The minimum Gasteiger partial charge on any atom is -0.488 e. The average molecular weight is 1470 g/mol. The highest BCUT2D eigenvalue weighted by Gasteiger charge is 2.51. The zero-order chi connectivity index (χ0) is 77.7. The number of nitrogens with one attached hydrogen (secondary N) is 6. The van der Waals surface area contributed by atoms with Gasteiger partial charge in [-0.15, -0.1) is 0 Å². The first-order valence-electron chi connectivity index (χ1n) is 37.8. The van der Waals surface area contributed by atoms with Crippen molar-refractivity contribution in [2.24, 2.45) is 29.6 Å². The molecule has 1 aliphatic heterocycles. The Bertz CT molecular complexity index is 3730. The van der Waals surface area contributed by atoms with Crippen LogP contribution in [-0.4, -0.2) is 128 Å². The molecule has 7 amide bonds. The van der Waals surface area contributed by atoms with Crippen molar-refractivity contribution in [3.63, 3.8) is 0 Å². The van der Waals surface area contributed by atoms with Crippen LogP contribution in [0.3, 0.4) is 0 Å². The molecule has 6 N–H and O–H groups in total. The van der Waals surface area contributed by atoms with Gasteiger partial charge >= 0.3 is 5.97 Å². The molecule has 0 bridgehead atoms. The summed E-state index contributed by atoms with van der Waals surface area (Å²) in [6.45, 7) is 28.2. The van der Waals surface area contributed by atoms with Crippen LogP contribution in [0.5, 0.6) is 5.75 Å². The summed E-state index contributed by atoms with van der Waals surface area (Å²) in [4.78, 5) is 138. The van der Waals surface area contributed by atoms with Crippen molar-refractivity contribution in [3.05, 3.63) is 198 Å². The van der Waals surface area contributed by atoms with Gasteiger partial charge in [0.05, 0.1) is 0 Å². The Morgan fingerprint density at radius 1 is 0.594 bits per heavy atom. The number of amides is 7. The summed E-state index contributed by atoms with van der Waals surface area (Å²) in [5.74, 6) is -8.89. The highest BCUT2D eigenvalue weighted by molar-refractivity contribution is 6.99. The van der Waals surface area contributed by atoms with Gasteiger partial charge in [0.15, 0.2) is 0 Å². The lowest BCUT2D eigenvalue weighted by atomic mass is 9.76. The number of hydrogen-bond acceptors (Lipinski definition) is 12. The molecule has 1 aliphatic rings. The number of rotatable bonds is 28. The van der Waals surface area contributed by atoms with Gasteiger partial charge in [0.1, 0.15) is 65.0 Å². The van der Waals surface area contributed by atoms with Crippen LogP contribution in [0.15, 0.2) is 176 Å². The van der Waals surface area contributed by atoms with Crippen molar-refractivity contribution >= 4 is 71.8 Å². The number of Topliss-reactive ketones (excluding diaryl/α,β-unsaturated/α-hetero) is 1. The summed E-state index contributed by atoms with van der Waals surface area (Å²) in [7, 11) is -1.63. The summed E-state index contributed by atoms with van der Waals surface area (Å²) < 4.78 is 19.7. The molecule has 1 fully saturated rings. The van der Waals surface area contributed by atoms with Crippen LogP contribution in [0.25, 0.3) is 0 Å². The van der Waals surface area contributed by atoms with E-state index < -0.39 is 138 Å². The number of benzene rings is 6. The lowest BCUT2D eigenvalue weighted by Crippen LogP contribution is -2.66. The molecule has 6 aromatic carbocycles. The predicted molar refractivity (Wildman–Crippen MR) is 418 cm³/mol. The van der Waals surface area contributed by atoms with Crippen molar-refractivity contribution in [2.75, 3.05) is 13.7 Å². The standard InChI is InChI=1S/C86H115N7O12Si/c1-17-58(7)74-82(101)93(16)71(54-61-46-49-66(50-47-61)105-84(10,11)12)80(99)90-75(59(8)18-2)83(102)104-60(9)76(91-77(96)62(55-72(94)57(5)6)48-51-73(95)92-86(63-35-24-19-25-36-63,64-37-26-20-27-38-64)65-39-28-21-29-40-65)81(100)88-70(53-56(3)4)79(98)87-69(78(97)89-74)45-34-52-103-106(85(13,14)15,67-41-30-22-31-42-67)68-43-32-23-33-44-68/h19-33,35-44,46-47,49-50,56-60,62,69-71,74-76H,17-18,34,45,48,51-55H2,1-16H3,(H,87,98)(H,88,100)(H,89,97)(H,90,99)(H,91,96)(H,92,95)/t58-,59-,60+,62+,69-,70-,71-,74-,75-,76-/m0/s1. The fourth-order valence-electron chi connectivity index (χ4n) is 13.8. The fraction of sp³-hybridized carbons (Fsp3) is 0.477. The van der Waals surface area contributed by atoms with Gasteiger partial charge < -0.3 is 50.7 Å². The molecule has 0 unspecified atom stereocenters. The van der Waals surface area contributed by atoms with E-state index in [1.165, 1.54) is 18.9 Å². The van der Waals surface area contributed by atoms with E-state index in [1.807, 2.05) is 183 Å². The number of esters is 1. The third kappa shape index (κ3) is 21.9. The van der Waals surface area contributed by atoms with E-state index in [0.29, 0.717) is 24.2 Å². The van der Waals surface area contributed by atoms with Gasteiger partial charge in [0.2, 0.25) is 41.4 Å². The molecule has 0 aliphatic carbocycles. The Balaban J connectivity index is 1.31. The Morgan fingerprint density at radius 3 is 1.54 bits per heavy atom. The number of carbonyl (C=O) groups excluding carboxylic acids is 9. The number of hydrogen-bond donors (Lipinski definition) is 6. The molecule has 7 rings (SSSR count). The summed E-state index contributed by atoms with van der Waals surface area (Å²) in [5, 5.41) is 19.7. The van der Waals surface area contributed by atoms with Gasteiger partial charge in [-0.3, -0.25) is 38.4 Å². The van der Waals surface area contributed by atoms with Crippen molar-refractivity contribution in [1.82, 2.24) is 36.8 Å². The van der Waals surface area contributed by atoms with Gasteiger partial charge in [-0.2, -0.15) is 0 Å². The molecule has 0 spiro atoms. The first-order chi connectivity index (χ1) is 50.2. The molecule has 19 nitrogen and oxygen atoms in total. The van der Waals surface area contributed by atoms with Crippen molar-refractivity contribution in [1.29, 1.82) is 0 Å². The van der Waals surface area contributed by atoms with Crippen molar-refractivity contribution in [2.45, 2.75) is 220 Å². The third-order valence-corrected chi connectivity index (χ3v) is 25.3. The van der Waals surface area contributed by atoms with Crippen LogP contribution in [0.2, 0.25) is 5.04 Å². The van der Waals surface area contributed by atoms with E-state index in [-0.39, 0.29) is 63.3 Å². The number of nitrogens with zero attached hydrogens (tertiary/aromatic N) is 1. The molecule has 0 saturated carbocycles. The van der Waals surface area contributed by atoms with E-state index in [0.717, 1.165) is 27.1 Å². The number of ether oxygens (including phenoxy) is 2. The highest BCUT2D eigenvalue weighted by atomic mass is 28.4. The Labute approximate surface area is 629 Å². The minimum absolute atomic E-state index is 0.00173. The largest absolute Gasteiger partial charge is 0.488 e. The summed E-state index contributed by atoms with van der Waals surface area (Å²) in [5.41, 5.74) is 1.20. The SMILES string of the molecule is CC[C@H](C)[C@@H]1NC(=O)[C@H](Cc2ccc(OC(C)(C)C)cc2)N(C)C(=O)[C@H]([C@@H](C)CC)NC(=O)[C@H](CCCO[Si](c2ccccc2)(c2ccccc2)C(C)(C)C)NC(=O)[C@H](CC(C)C)NC(=O)[C@@H](NC(=O)[C@H](CCC(=O)NC(c2ccccc2)(c2ccccc2)c2ccccc2)CC(=O)C(C)C)[C@@H](C)OC1=O. The van der Waals surface area contributed by atoms with Crippen LogP contribution in [-0.2, 0) is 64.3 Å². The zero-order valence-corrected chi connectivity index (χ0v) is 66.1. The molecule has 1 heterocycles. The summed E-state index contributed by atoms with van der Waals surface area (Å²) >= 11 is 0. The van der Waals surface area contributed by atoms with Gasteiger partial charge in [0, 0.05) is 44.8 Å². The highest BCUT2D eigenvalue weighted by Crippen LogP contribution is 2.39. The van der Waals surface area contributed by atoms with Crippen LogP contribution in [0, 0.1) is 29.6 Å². The van der Waals surface area contributed by atoms with E-state index >= 15 is 33.6 Å². The Hall–Kier alpha value is -9.27. The topological polar surface area (TPSA) is 257 Å². The number of ketones is 1. The molecule has 106 heavy (non-hydrogen) atoms. The number of cyclic esters (lactones) is 1. The van der Waals surface area contributed by atoms with E-state index in [2.05, 4.69) is 76.9 Å². The number of likely N-dealkylation sites (N-methyl/N-ethyl adjacent to an activating group) is 1. The quantitative estimate of drug-likeness (QED) is 0.0116. The smallest absolute Gasteiger partial charge is 0.329 e. The van der Waals surface area contributed by atoms with Gasteiger partial charge in [0.25, 0.3) is 8.32 Å². The molecule has 10 atom stereocenters. The van der Waals surface area contributed by atoms with Crippen LogP contribution in [0.4, 0.5) is 0 Å². The van der Waals surface area contributed by atoms with E-state index in [9.17, 15) is 9.59 Å². The van der Waals surface area contributed by atoms with E-state index in [1.54, 1.807) is 45.0 Å². The molecular formula is C86H115N7O12Si. The molecule has 1 saturated heterocycles. The van der Waals surface area contributed by atoms with Gasteiger partial charge in [-0.05, 0) is 121 Å². The lowest BCUT2D eigenvalue weighted by Gasteiger charge is -2.43. The Morgan fingerprint density at radius 2 is 1.07 bits per heavy atom. The minimum atomic E-state index is -3.12. The second-order valence-electron chi connectivity index (χ2n) is 31.3. The molecule has 0 aromatic heterocycles. The van der Waals surface area contributed by atoms with Crippen molar-refractivity contribution in [3.8, 4) is 5.75 Å².